The van der Waals surface area contributed by atoms with Crippen LogP contribution in [0.3, 0.4) is 0 Å². The molecule has 6 nitrogen and oxygen atoms in total. The van der Waals surface area contributed by atoms with Crippen molar-refractivity contribution in [3.63, 3.8) is 0 Å². The lowest BCUT2D eigenvalue weighted by molar-refractivity contribution is -0.0142. The molecule has 0 aliphatic heterocycles. The monoisotopic (exact) mass is 314 g/mol. The van der Waals surface area contributed by atoms with Crippen molar-refractivity contribution < 1.29 is 9.63 Å². The molecule has 0 radical (unpaired) electrons. The van der Waals surface area contributed by atoms with Crippen LogP contribution in [0.1, 0.15) is 16.1 Å². The molecule has 0 unspecified atom stereocenters. The molecule has 1 aromatic carbocycles. The maximum Gasteiger partial charge on any atom is 0.304 e. The molecule has 0 bridgehead atoms. The molecule has 0 aliphatic rings. The van der Waals surface area contributed by atoms with Crippen molar-refractivity contribution in [3.8, 4) is 5.75 Å². The Balaban J connectivity index is 1.85. The van der Waals surface area contributed by atoms with Gasteiger partial charge in [-0.05, 0) is 30.7 Å². The molecule has 0 spiro atoms. The normalized spacial score (nSPS) is 10.6. The lowest BCUT2D eigenvalue weighted by Crippen LogP contribution is -2.30. The zero-order valence-corrected chi connectivity index (χ0v) is 12.9. The third-order valence-electron chi connectivity index (χ3n) is 3.09. The van der Waals surface area contributed by atoms with E-state index in [1.807, 2.05) is 19.1 Å². The van der Waals surface area contributed by atoms with Gasteiger partial charge in [-0.2, -0.15) is 5.06 Å². The van der Waals surface area contributed by atoms with Crippen LogP contribution in [0.25, 0.3) is 10.2 Å². The van der Waals surface area contributed by atoms with Gasteiger partial charge in [0.15, 0.2) is 10.9 Å². The van der Waals surface area contributed by atoms with Crippen molar-refractivity contribution in [1.29, 1.82) is 0 Å². The summed E-state index contributed by atoms with van der Waals surface area (Å²) in [5.41, 5.74) is 7.85. The lowest BCUT2D eigenvalue weighted by Gasteiger charge is -2.17. The third kappa shape index (κ3) is 2.71. The van der Waals surface area contributed by atoms with Gasteiger partial charge in [0, 0.05) is 19.3 Å². The number of amides is 1. The Kier molecular flexibility index (Phi) is 3.64. The van der Waals surface area contributed by atoms with Gasteiger partial charge in [-0.15, -0.1) is 0 Å². The summed E-state index contributed by atoms with van der Waals surface area (Å²) < 4.78 is 0.922. The number of nitrogens with two attached hydrogens (primary N) is 1. The van der Waals surface area contributed by atoms with E-state index < -0.39 is 0 Å². The van der Waals surface area contributed by atoms with Crippen molar-refractivity contribution in [2.24, 2.45) is 0 Å². The molecule has 0 saturated carbocycles. The van der Waals surface area contributed by atoms with Crippen molar-refractivity contribution in [2.75, 3.05) is 12.8 Å². The number of pyridine rings is 1. The number of carbonyl (C=O) groups is 1. The number of rotatable bonds is 3. The predicted octanol–water partition coefficient (Wildman–Crippen LogP) is 2.65. The second-order valence-corrected chi connectivity index (χ2v) is 5.81. The van der Waals surface area contributed by atoms with Gasteiger partial charge >= 0.3 is 5.91 Å². The van der Waals surface area contributed by atoms with Crippen LogP contribution in [0, 0.1) is 6.92 Å². The first kappa shape index (κ1) is 14.3. The summed E-state index contributed by atoms with van der Waals surface area (Å²) in [6, 6.07) is 8.79. The molecule has 1 amide bonds. The minimum atomic E-state index is -0.317. The third-order valence-corrected chi connectivity index (χ3v) is 3.92. The van der Waals surface area contributed by atoms with E-state index in [0.717, 1.165) is 20.8 Å². The molecule has 2 N–H and O–H groups in total. The average molecular weight is 314 g/mol. The number of nitrogens with zero attached hydrogens (tertiary/aromatic N) is 3. The van der Waals surface area contributed by atoms with Gasteiger partial charge in [0.25, 0.3) is 0 Å². The number of nitrogen functional groups attached to an aromatic ring is 1. The number of carbonyl (C=O) groups excluding carboxylic acids is 1. The number of hydrogen-bond acceptors (Lipinski definition) is 6. The predicted molar refractivity (Wildman–Crippen MR) is 85.7 cm³/mol. The van der Waals surface area contributed by atoms with E-state index in [9.17, 15) is 4.79 Å². The minimum Gasteiger partial charge on any atom is -0.377 e. The average Bonchev–Trinajstić information content (AvgIpc) is 2.88. The van der Waals surface area contributed by atoms with E-state index >= 15 is 0 Å². The molecule has 22 heavy (non-hydrogen) atoms. The molecule has 2 aromatic heterocycles. The molecule has 0 fully saturated rings. The molecule has 7 heteroatoms. The van der Waals surface area contributed by atoms with E-state index in [-0.39, 0.29) is 5.91 Å². The Hall–Kier alpha value is -2.67. The first-order valence-corrected chi connectivity index (χ1v) is 7.40. The van der Waals surface area contributed by atoms with Gasteiger partial charge in [0.05, 0.1) is 10.2 Å². The molecule has 3 aromatic rings. The van der Waals surface area contributed by atoms with Crippen molar-refractivity contribution >= 4 is 32.6 Å². The van der Waals surface area contributed by atoms with Crippen molar-refractivity contribution in [2.45, 2.75) is 6.92 Å². The molecule has 0 atom stereocenters. The number of fused-ring (bicyclic) bond motifs is 1. The zero-order chi connectivity index (χ0) is 15.7. The fraction of sp³-hybridized carbons (Fsp3) is 0.133. The molecule has 112 valence electrons. The van der Waals surface area contributed by atoms with E-state index in [1.165, 1.54) is 11.3 Å². The molecular formula is C15H14N4O2S. The maximum atomic E-state index is 12.2. The van der Waals surface area contributed by atoms with Gasteiger partial charge in [0.2, 0.25) is 0 Å². The van der Waals surface area contributed by atoms with Crippen LogP contribution in [0.4, 0.5) is 5.13 Å². The summed E-state index contributed by atoms with van der Waals surface area (Å²) in [5.74, 6) is 0.239. The van der Waals surface area contributed by atoms with E-state index in [2.05, 4.69) is 9.97 Å². The fourth-order valence-corrected chi connectivity index (χ4v) is 2.93. The number of aryl methyl sites for hydroxylation is 1. The van der Waals surface area contributed by atoms with Crippen LogP contribution in [-0.4, -0.2) is 28.0 Å². The summed E-state index contributed by atoms with van der Waals surface area (Å²) in [4.78, 5) is 26.1. The van der Waals surface area contributed by atoms with Gasteiger partial charge in [-0.3, -0.25) is 9.78 Å². The Morgan fingerprint density at radius 2 is 2.18 bits per heavy atom. The zero-order valence-electron chi connectivity index (χ0n) is 12.1. The first-order chi connectivity index (χ1) is 10.5. The highest BCUT2D eigenvalue weighted by Gasteiger charge is 2.15. The number of hydrogen-bond donors (Lipinski definition) is 1. The highest BCUT2D eigenvalue weighted by Crippen LogP contribution is 2.30. The van der Waals surface area contributed by atoms with Gasteiger partial charge in [-0.25, -0.2) is 4.98 Å². The van der Waals surface area contributed by atoms with Gasteiger partial charge in [0.1, 0.15) is 5.69 Å². The Morgan fingerprint density at radius 1 is 1.36 bits per heavy atom. The molecule has 0 saturated heterocycles. The quantitative estimate of drug-likeness (QED) is 0.752. The number of hydroxylamine groups is 2. The molecular weight excluding hydrogens is 300 g/mol. The summed E-state index contributed by atoms with van der Waals surface area (Å²) >= 11 is 1.38. The second kappa shape index (κ2) is 5.61. The number of benzene rings is 1. The topological polar surface area (TPSA) is 81.3 Å². The Bertz CT molecular complexity index is 832. The Labute approximate surface area is 131 Å². The standard InChI is InChI=1S/C15H14N4O2S/c1-9-7-10(8-12-13(9)18-15(16)22-12)21-19(2)14(20)11-5-3-4-6-17-11/h3-8H,1-2H3,(H2,16,18). The lowest BCUT2D eigenvalue weighted by atomic mass is 10.2. The van der Waals surface area contributed by atoms with E-state index in [0.29, 0.717) is 16.6 Å². The highest BCUT2D eigenvalue weighted by molar-refractivity contribution is 7.22. The summed E-state index contributed by atoms with van der Waals surface area (Å²) in [5, 5.41) is 1.67. The SMILES string of the molecule is Cc1cc(ON(C)C(=O)c2ccccn2)cc2sc(N)nc12. The van der Waals surface area contributed by atoms with Crippen LogP contribution in [0.5, 0.6) is 5.75 Å². The van der Waals surface area contributed by atoms with Crippen LogP contribution in [0.15, 0.2) is 36.5 Å². The summed E-state index contributed by atoms with van der Waals surface area (Å²) in [7, 11) is 1.55. The molecule has 0 aliphatic carbocycles. The maximum absolute atomic E-state index is 12.2. The second-order valence-electron chi connectivity index (χ2n) is 4.75. The molecule has 3 rings (SSSR count). The largest absolute Gasteiger partial charge is 0.377 e. The van der Waals surface area contributed by atoms with Crippen molar-refractivity contribution in [1.82, 2.24) is 15.0 Å². The number of thiazole rings is 1. The van der Waals surface area contributed by atoms with Crippen molar-refractivity contribution in [3.05, 3.63) is 47.8 Å². The number of anilines is 1. The van der Waals surface area contributed by atoms with Crippen LogP contribution >= 0.6 is 11.3 Å². The van der Waals surface area contributed by atoms with Crippen LogP contribution < -0.4 is 10.6 Å². The van der Waals surface area contributed by atoms with Crippen LogP contribution in [0.2, 0.25) is 0 Å². The highest BCUT2D eigenvalue weighted by atomic mass is 32.1. The van der Waals surface area contributed by atoms with Gasteiger partial charge < -0.3 is 10.6 Å². The summed E-state index contributed by atoms with van der Waals surface area (Å²) in [6.07, 6.45) is 1.57. The van der Waals surface area contributed by atoms with E-state index in [4.69, 9.17) is 10.6 Å². The molecule has 2 heterocycles. The number of aromatic nitrogens is 2. The van der Waals surface area contributed by atoms with Crippen LogP contribution in [-0.2, 0) is 0 Å². The minimum absolute atomic E-state index is 0.317. The van der Waals surface area contributed by atoms with E-state index in [1.54, 1.807) is 31.4 Å². The fourth-order valence-electron chi connectivity index (χ4n) is 2.08. The van der Waals surface area contributed by atoms with Gasteiger partial charge in [-0.1, -0.05) is 17.4 Å². The smallest absolute Gasteiger partial charge is 0.304 e. The first-order valence-electron chi connectivity index (χ1n) is 6.58. The Morgan fingerprint density at radius 3 is 2.91 bits per heavy atom. The summed E-state index contributed by atoms with van der Waals surface area (Å²) in [6.45, 7) is 1.93.